The van der Waals surface area contributed by atoms with E-state index < -0.39 is 0 Å². The first-order valence-electron chi connectivity index (χ1n) is 5.14. The molecule has 76 valence electrons. The first kappa shape index (κ1) is 8.60. The fourth-order valence-electron chi connectivity index (χ4n) is 1.99. The van der Waals surface area contributed by atoms with Crippen molar-refractivity contribution in [1.82, 2.24) is 4.98 Å². The molecule has 0 spiro atoms. The summed E-state index contributed by atoms with van der Waals surface area (Å²) in [5.41, 5.74) is 2.10. The summed E-state index contributed by atoms with van der Waals surface area (Å²) >= 11 is 0. The van der Waals surface area contributed by atoms with Gasteiger partial charge in [-0.05, 0) is 44.2 Å². The third-order valence-electron chi connectivity index (χ3n) is 2.75. The smallest absolute Gasteiger partial charge is 0.129 e. The van der Waals surface area contributed by atoms with Crippen LogP contribution in [0.5, 0.6) is 5.75 Å². The molecule has 0 aliphatic carbocycles. The number of nitrogens with one attached hydrogen (secondary N) is 1. The molecule has 0 saturated carbocycles. The fourth-order valence-corrected chi connectivity index (χ4v) is 1.99. The number of H-pyrrole nitrogens is 1. The monoisotopic (exact) mass is 199 g/mol. The van der Waals surface area contributed by atoms with Gasteiger partial charge < -0.3 is 9.72 Å². The molecule has 1 aromatic heterocycles. The number of fused-ring (bicyclic) bond motifs is 3. The molecule has 0 unspecified atom stereocenters. The normalized spacial score (nSPS) is 17.5. The van der Waals surface area contributed by atoms with Gasteiger partial charge in [0.25, 0.3) is 0 Å². The Morgan fingerprint density at radius 1 is 1.20 bits per heavy atom. The number of rotatable bonds is 0. The van der Waals surface area contributed by atoms with Gasteiger partial charge in [0.1, 0.15) is 11.4 Å². The van der Waals surface area contributed by atoms with E-state index in [1.54, 1.807) is 0 Å². The number of aromatic nitrogens is 1. The van der Waals surface area contributed by atoms with Crippen molar-refractivity contribution in [1.29, 1.82) is 0 Å². The maximum atomic E-state index is 5.89. The molecule has 3 rings (SSSR count). The summed E-state index contributed by atoms with van der Waals surface area (Å²) in [6.07, 6.45) is 6.19. The van der Waals surface area contributed by atoms with Gasteiger partial charge in [-0.3, -0.25) is 0 Å². The molecule has 1 aromatic carbocycles. The third kappa shape index (κ3) is 1.25. The summed E-state index contributed by atoms with van der Waals surface area (Å²) in [5, 5.41) is 1.22. The molecule has 0 atom stereocenters. The molecule has 2 nitrogen and oxygen atoms in total. The van der Waals surface area contributed by atoms with E-state index >= 15 is 0 Å². The van der Waals surface area contributed by atoms with Crippen LogP contribution in [0.4, 0.5) is 0 Å². The highest BCUT2D eigenvalue weighted by molar-refractivity contribution is 5.91. The average molecular weight is 199 g/mol. The van der Waals surface area contributed by atoms with Gasteiger partial charge in [0.15, 0.2) is 0 Å². The summed E-state index contributed by atoms with van der Waals surface area (Å²) in [4.78, 5) is 3.24. The van der Waals surface area contributed by atoms with E-state index in [4.69, 9.17) is 4.74 Å². The molecule has 1 N–H and O–H groups in total. The van der Waals surface area contributed by atoms with Crippen molar-refractivity contribution < 1.29 is 4.74 Å². The van der Waals surface area contributed by atoms with E-state index in [1.807, 2.05) is 12.3 Å². The highest BCUT2D eigenvalue weighted by Gasteiger charge is 2.22. The molecule has 0 saturated heterocycles. The summed E-state index contributed by atoms with van der Waals surface area (Å²) < 4.78 is 5.89. The zero-order valence-electron chi connectivity index (χ0n) is 8.87. The lowest BCUT2D eigenvalue weighted by molar-refractivity contribution is 0.159. The quantitative estimate of drug-likeness (QED) is 0.691. The molecule has 2 aromatic rings. The van der Waals surface area contributed by atoms with Gasteiger partial charge in [0, 0.05) is 17.1 Å². The van der Waals surface area contributed by atoms with Gasteiger partial charge in [-0.25, -0.2) is 0 Å². The molecule has 0 amide bonds. The predicted molar refractivity (Wildman–Crippen MR) is 62.0 cm³/mol. The van der Waals surface area contributed by atoms with Crippen molar-refractivity contribution >= 4 is 17.0 Å². The Morgan fingerprint density at radius 2 is 2.07 bits per heavy atom. The standard InChI is InChI=1S/C13H13NO/c1-13(2)7-5-10-11(15-13)4-3-9-6-8-14-12(9)10/h3-8,14H,1-2H3. The van der Waals surface area contributed by atoms with E-state index in [0.29, 0.717) is 0 Å². The Bertz CT molecular complexity index is 549. The van der Waals surface area contributed by atoms with E-state index in [2.05, 4.69) is 43.1 Å². The highest BCUT2D eigenvalue weighted by Crippen LogP contribution is 2.35. The van der Waals surface area contributed by atoms with Crippen LogP contribution in [-0.2, 0) is 0 Å². The van der Waals surface area contributed by atoms with Gasteiger partial charge in [0.2, 0.25) is 0 Å². The topological polar surface area (TPSA) is 25.0 Å². The second-order valence-corrected chi connectivity index (χ2v) is 4.46. The lowest BCUT2D eigenvalue weighted by Gasteiger charge is -2.27. The maximum Gasteiger partial charge on any atom is 0.129 e. The largest absolute Gasteiger partial charge is 0.483 e. The van der Waals surface area contributed by atoms with Crippen LogP contribution >= 0.6 is 0 Å². The third-order valence-corrected chi connectivity index (χ3v) is 2.75. The van der Waals surface area contributed by atoms with Crippen molar-refractivity contribution in [3.63, 3.8) is 0 Å². The molecule has 1 aliphatic heterocycles. The van der Waals surface area contributed by atoms with Crippen molar-refractivity contribution in [3.05, 3.63) is 36.0 Å². The summed E-state index contributed by atoms with van der Waals surface area (Å²) in [5.74, 6) is 0.956. The number of hydrogen-bond acceptors (Lipinski definition) is 1. The van der Waals surface area contributed by atoms with E-state index in [1.165, 1.54) is 5.39 Å². The Labute approximate surface area is 88.6 Å². The molecule has 1 aliphatic rings. The number of aromatic amines is 1. The van der Waals surface area contributed by atoms with Crippen molar-refractivity contribution in [2.24, 2.45) is 0 Å². The molecular formula is C13H13NO. The van der Waals surface area contributed by atoms with Crippen molar-refractivity contribution in [2.75, 3.05) is 0 Å². The minimum absolute atomic E-state index is 0.201. The average Bonchev–Trinajstić information content (AvgIpc) is 2.63. The van der Waals surface area contributed by atoms with Crippen LogP contribution < -0.4 is 4.74 Å². The van der Waals surface area contributed by atoms with Crippen molar-refractivity contribution in [2.45, 2.75) is 19.4 Å². The van der Waals surface area contributed by atoms with Gasteiger partial charge in [-0.2, -0.15) is 0 Å². The first-order valence-corrected chi connectivity index (χ1v) is 5.14. The second-order valence-electron chi connectivity index (χ2n) is 4.46. The summed E-state index contributed by atoms with van der Waals surface area (Å²) in [7, 11) is 0. The van der Waals surface area contributed by atoms with Gasteiger partial charge in [0.05, 0.1) is 5.52 Å². The lowest BCUT2D eigenvalue weighted by Crippen LogP contribution is -2.27. The minimum Gasteiger partial charge on any atom is -0.483 e. The lowest BCUT2D eigenvalue weighted by atomic mass is 10.0. The van der Waals surface area contributed by atoms with Gasteiger partial charge in [-0.1, -0.05) is 0 Å². The van der Waals surface area contributed by atoms with Crippen LogP contribution in [0.15, 0.2) is 30.5 Å². The molecule has 0 fully saturated rings. The van der Waals surface area contributed by atoms with Gasteiger partial charge in [-0.15, -0.1) is 0 Å². The molecule has 2 heteroatoms. The SMILES string of the molecule is CC1(C)C=Cc2c(ccc3cc[nH]c23)O1. The number of benzene rings is 1. The zero-order chi connectivity index (χ0) is 10.5. The predicted octanol–water partition coefficient (Wildman–Crippen LogP) is 3.35. The maximum absolute atomic E-state index is 5.89. The molecule has 0 radical (unpaired) electrons. The van der Waals surface area contributed by atoms with Crippen LogP contribution in [-0.4, -0.2) is 10.6 Å². The fraction of sp³-hybridized carbons (Fsp3) is 0.231. The number of hydrogen-bond donors (Lipinski definition) is 1. The van der Waals surface area contributed by atoms with E-state index in [0.717, 1.165) is 16.8 Å². The molecule has 2 heterocycles. The molecular weight excluding hydrogens is 186 g/mol. The Balaban J connectivity index is 2.29. The Kier molecular flexibility index (Phi) is 1.52. The van der Waals surface area contributed by atoms with Crippen LogP contribution in [0.2, 0.25) is 0 Å². The first-order chi connectivity index (χ1) is 7.16. The van der Waals surface area contributed by atoms with Gasteiger partial charge >= 0.3 is 0 Å². The second kappa shape index (κ2) is 2.66. The summed E-state index contributed by atoms with van der Waals surface area (Å²) in [6, 6.07) is 6.19. The van der Waals surface area contributed by atoms with Crippen LogP contribution in [0, 0.1) is 0 Å². The number of ether oxygens (including phenoxy) is 1. The zero-order valence-corrected chi connectivity index (χ0v) is 8.87. The molecule has 0 bridgehead atoms. The van der Waals surface area contributed by atoms with E-state index in [-0.39, 0.29) is 5.60 Å². The minimum atomic E-state index is -0.201. The van der Waals surface area contributed by atoms with Crippen LogP contribution in [0.3, 0.4) is 0 Å². The van der Waals surface area contributed by atoms with Crippen molar-refractivity contribution in [3.8, 4) is 5.75 Å². The van der Waals surface area contributed by atoms with Crippen LogP contribution in [0.1, 0.15) is 19.4 Å². The van der Waals surface area contributed by atoms with E-state index in [9.17, 15) is 0 Å². The Morgan fingerprint density at radius 3 is 2.93 bits per heavy atom. The summed E-state index contributed by atoms with van der Waals surface area (Å²) in [6.45, 7) is 4.12. The Hall–Kier alpha value is -1.70. The van der Waals surface area contributed by atoms with Crippen LogP contribution in [0.25, 0.3) is 17.0 Å². The molecule has 15 heavy (non-hydrogen) atoms. The highest BCUT2D eigenvalue weighted by atomic mass is 16.5.